The highest BCUT2D eigenvalue weighted by molar-refractivity contribution is 6.31. The van der Waals surface area contributed by atoms with Gasteiger partial charge in [0, 0.05) is 29.0 Å². The van der Waals surface area contributed by atoms with Gasteiger partial charge in [0.15, 0.2) is 0 Å². The van der Waals surface area contributed by atoms with Gasteiger partial charge in [-0.1, -0.05) is 29.8 Å². The van der Waals surface area contributed by atoms with Crippen LogP contribution in [0.2, 0.25) is 5.02 Å². The van der Waals surface area contributed by atoms with Gasteiger partial charge in [0.1, 0.15) is 0 Å². The van der Waals surface area contributed by atoms with E-state index < -0.39 is 0 Å². The number of halogens is 1. The second-order valence-electron chi connectivity index (χ2n) is 5.91. The summed E-state index contributed by atoms with van der Waals surface area (Å²) in [7, 11) is 0. The van der Waals surface area contributed by atoms with E-state index in [-0.39, 0.29) is 11.8 Å². The van der Waals surface area contributed by atoms with Crippen molar-refractivity contribution < 1.29 is 9.59 Å². The molecule has 1 heterocycles. The summed E-state index contributed by atoms with van der Waals surface area (Å²) < 4.78 is 1.66. The lowest BCUT2D eigenvalue weighted by atomic mass is 10.2. The normalized spacial score (nSPS) is 10.4. The standard InChI is InChI=1S/C20H19ClN4O2/c1-2-22-19(26)14-7-9-17(10-8-14)24-20(27)16-11-23-25(13-16)12-15-5-3-4-6-18(15)21/h3-11,13H,2,12H2,1H3,(H,22,26)(H,24,27). The Morgan fingerprint density at radius 1 is 1.04 bits per heavy atom. The third-order valence-corrected chi connectivity index (χ3v) is 4.30. The monoisotopic (exact) mass is 382 g/mol. The van der Waals surface area contributed by atoms with Crippen LogP contribution in [0.5, 0.6) is 0 Å². The quantitative estimate of drug-likeness (QED) is 0.684. The van der Waals surface area contributed by atoms with Gasteiger partial charge in [0.2, 0.25) is 0 Å². The molecule has 0 unspecified atom stereocenters. The summed E-state index contributed by atoms with van der Waals surface area (Å²) in [6, 6.07) is 14.2. The first-order valence-corrected chi connectivity index (χ1v) is 8.90. The topological polar surface area (TPSA) is 76.0 Å². The number of carbonyl (C=O) groups excluding carboxylic acids is 2. The van der Waals surface area contributed by atoms with Crippen molar-refractivity contribution in [1.82, 2.24) is 15.1 Å². The fourth-order valence-electron chi connectivity index (χ4n) is 2.54. The van der Waals surface area contributed by atoms with Crippen LogP contribution in [0.25, 0.3) is 0 Å². The van der Waals surface area contributed by atoms with Crippen LogP contribution in [-0.4, -0.2) is 28.1 Å². The summed E-state index contributed by atoms with van der Waals surface area (Å²) in [6.07, 6.45) is 3.18. The highest BCUT2D eigenvalue weighted by Crippen LogP contribution is 2.16. The number of amides is 2. The summed E-state index contributed by atoms with van der Waals surface area (Å²) >= 11 is 6.16. The van der Waals surface area contributed by atoms with Crippen LogP contribution in [0.4, 0.5) is 5.69 Å². The SMILES string of the molecule is CCNC(=O)c1ccc(NC(=O)c2cnn(Cc3ccccc3Cl)c2)cc1. The Hall–Kier alpha value is -3.12. The fourth-order valence-corrected chi connectivity index (χ4v) is 2.73. The molecule has 2 aromatic carbocycles. The average Bonchev–Trinajstić information content (AvgIpc) is 3.13. The van der Waals surface area contributed by atoms with Gasteiger partial charge < -0.3 is 10.6 Å². The number of hydrogen-bond donors (Lipinski definition) is 2. The van der Waals surface area contributed by atoms with Crippen LogP contribution in [0.3, 0.4) is 0 Å². The first-order chi connectivity index (χ1) is 13.1. The van der Waals surface area contributed by atoms with Gasteiger partial charge in [0.05, 0.1) is 18.3 Å². The molecule has 0 saturated carbocycles. The molecule has 0 aliphatic rings. The third-order valence-electron chi connectivity index (χ3n) is 3.93. The van der Waals surface area contributed by atoms with E-state index in [1.54, 1.807) is 35.1 Å². The molecule has 3 rings (SSSR count). The Morgan fingerprint density at radius 3 is 2.48 bits per heavy atom. The number of carbonyl (C=O) groups is 2. The van der Waals surface area contributed by atoms with Gasteiger partial charge in [-0.05, 0) is 42.8 Å². The molecule has 0 bridgehead atoms. The van der Waals surface area contributed by atoms with Gasteiger partial charge in [-0.25, -0.2) is 0 Å². The molecule has 7 heteroatoms. The van der Waals surface area contributed by atoms with E-state index in [1.807, 2.05) is 31.2 Å². The Bertz CT molecular complexity index is 951. The van der Waals surface area contributed by atoms with Crippen LogP contribution in [0.15, 0.2) is 60.9 Å². The maximum absolute atomic E-state index is 12.4. The second kappa shape index (κ2) is 8.51. The highest BCUT2D eigenvalue weighted by Gasteiger charge is 2.11. The first kappa shape index (κ1) is 18.7. The fraction of sp³-hybridized carbons (Fsp3) is 0.150. The lowest BCUT2D eigenvalue weighted by Gasteiger charge is -2.06. The number of nitrogens with one attached hydrogen (secondary N) is 2. The largest absolute Gasteiger partial charge is 0.352 e. The summed E-state index contributed by atoms with van der Waals surface area (Å²) in [5.41, 5.74) is 2.51. The van der Waals surface area contributed by atoms with Crippen LogP contribution >= 0.6 is 11.6 Å². The van der Waals surface area contributed by atoms with Crippen molar-refractivity contribution in [2.24, 2.45) is 0 Å². The van der Waals surface area contributed by atoms with Crippen molar-refractivity contribution in [3.05, 3.63) is 82.6 Å². The van der Waals surface area contributed by atoms with Crippen LogP contribution in [0.1, 0.15) is 33.2 Å². The molecule has 0 fully saturated rings. The molecule has 0 spiro atoms. The first-order valence-electron chi connectivity index (χ1n) is 8.52. The maximum atomic E-state index is 12.4. The van der Waals surface area contributed by atoms with Crippen molar-refractivity contribution in [2.45, 2.75) is 13.5 Å². The van der Waals surface area contributed by atoms with E-state index in [1.165, 1.54) is 6.20 Å². The summed E-state index contributed by atoms with van der Waals surface area (Å²) in [6.45, 7) is 2.90. The Kier molecular flexibility index (Phi) is 5.88. The lowest BCUT2D eigenvalue weighted by Crippen LogP contribution is -2.22. The molecule has 0 atom stereocenters. The number of hydrogen-bond acceptors (Lipinski definition) is 3. The molecular weight excluding hydrogens is 364 g/mol. The van der Waals surface area contributed by atoms with Gasteiger partial charge in [0.25, 0.3) is 11.8 Å². The van der Waals surface area contributed by atoms with Crippen molar-refractivity contribution in [3.63, 3.8) is 0 Å². The lowest BCUT2D eigenvalue weighted by molar-refractivity contribution is 0.0955. The third kappa shape index (κ3) is 4.74. The minimum atomic E-state index is -0.272. The zero-order valence-corrected chi connectivity index (χ0v) is 15.5. The molecule has 0 saturated heterocycles. The molecule has 3 aromatic rings. The zero-order chi connectivity index (χ0) is 19.2. The molecule has 2 N–H and O–H groups in total. The van der Waals surface area contributed by atoms with Crippen molar-refractivity contribution >= 4 is 29.1 Å². The van der Waals surface area contributed by atoms with Crippen molar-refractivity contribution in [3.8, 4) is 0 Å². The van der Waals surface area contributed by atoms with Crippen molar-refractivity contribution in [1.29, 1.82) is 0 Å². The van der Waals surface area contributed by atoms with Crippen LogP contribution in [-0.2, 0) is 6.54 Å². The zero-order valence-electron chi connectivity index (χ0n) is 14.8. The maximum Gasteiger partial charge on any atom is 0.258 e. The number of benzene rings is 2. The molecule has 138 valence electrons. The molecular formula is C20H19ClN4O2. The smallest absolute Gasteiger partial charge is 0.258 e. The molecule has 0 aliphatic heterocycles. The molecule has 0 aliphatic carbocycles. The summed E-state index contributed by atoms with van der Waals surface area (Å²) in [4.78, 5) is 24.2. The van der Waals surface area contributed by atoms with E-state index in [0.29, 0.717) is 34.9 Å². The molecule has 6 nitrogen and oxygen atoms in total. The Balaban J connectivity index is 1.64. The average molecular weight is 383 g/mol. The van der Waals surface area contributed by atoms with E-state index in [9.17, 15) is 9.59 Å². The molecule has 27 heavy (non-hydrogen) atoms. The molecule has 0 radical (unpaired) electrons. The predicted octanol–water partition coefficient (Wildman–Crippen LogP) is 3.59. The predicted molar refractivity (Wildman–Crippen MR) is 105 cm³/mol. The Morgan fingerprint density at radius 2 is 1.78 bits per heavy atom. The number of nitrogens with zero attached hydrogens (tertiary/aromatic N) is 2. The number of aromatic nitrogens is 2. The van der Waals surface area contributed by atoms with Crippen LogP contribution < -0.4 is 10.6 Å². The van der Waals surface area contributed by atoms with Crippen LogP contribution in [0, 0.1) is 0 Å². The number of anilines is 1. The second-order valence-corrected chi connectivity index (χ2v) is 6.32. The highest BCUT2D eigenvalue weighted by atomic mass is 35.5. The molecule has 1 aromatic heterocycles. The van der Waals surface area contributed by atoms with Crippen molar-refractivity contribution in [2.75, 3.05) is 11.9 Å². The Labute approximate surface area is 162 Å². The minimum Gasteiger partial charge on any atom is -0.352 e. The van der Waals surface area contributed by atoms with E-state index in [0.717, 1.165) is 5.56 Å². The van der Waals surface area contributed by atoms with Gasteiger partial charge in [-0.15, -0.1) is 0 Å². The van der Waals surface area contributed by atoms with Gasteiger partial charge in [-0.3, -0.25) is 14.3 Å². The van der Waals surface area contributed by atoms with E-state index in [4.69, 9.17) is 11.6 Å². The van der Waals surface area contributed by atoms with E-state index in [2.05, 4.69) is 15.7 Å². The van der Waals surface area contributed by atoms with E-state index >= 15 is 0 Å². The van der Waals surface area contributed by atoms with Gasteiger partial charge >= 0.3 is 0 Å². The number of rotatable bonds is 6. The summed E-state index contributed by atoms with van der Waals surface area (Å²) in [5.74, 6) is -0.414. The molecule has 2 amide bonds. The van der Waals surface area contributed by atoms with Gasteiger partial charge in [-0.2, -0.15) is 5.10 Å². The minimum absolute atomic E-state index is 0.142. The summed E-state index contributed by atoms with van der Waals surface area (Å²) in [5, 5.41) is 10.4.